The van der Waals surface area contributed by atoms with E-state index in [0.717, 1.165) is 24.5 Å². The minimum atomic E-state index is -0.449. The zero-order chi connectivity index (χ0) is 18.6. The molecule has 1 aliphatic heterocycles. The number of nitrogens with one attached hydrogen (secondary N) is 1. The highest BCUT2D eigenvalue weighted by atomic mass is 16.5. The highest BCUT2D eigenvalue weighted by Gasteiger charge is 2.21. The van der Waals surface area contributed by atoms with Gasteiger partial charge in [-0.15, -0.1) is 0 Å². The first kappa shape index (κ1) is 17.2. The van der Waals surface area contributed by atoms with Crippen LogP contribution in [0.1, 0.15) is 6.42 Å². The summed E-state index contributed by atoms with van der Waals surface area (Å²) in [4.78, 5) is 30.4. The molecule has 3 aromatic rings. The highest BCUT2D eigenvalue weighted by molar-refractivity contribution is 5.78. The fourth-order valence-corrected chi connectivity index (χ4v) is 3.28. The van der Waals surface area contributed by atoms with Crippen molar-refractivity contribution < 1.29 is 13.9 Å². The SMILES string of the molecule is O=C(CCOc1ccccc1)N1CCN(c2ccc3[nH]c(=O)oc3c2)CC1. The van der Waals surface area contributed by atoms with Gasteiger partial charge in [0.25, 0.3) is 0 Å². The molecule has 0 spiro atoms. The largest absolute Gasteiger partial charge is 0.493 e. The third-order valence-electron chi connectivity index (χ3n) is 4.73. The van der Waals surface area contributed by atoms with Gasteiger partial charge in [-0.05, 0) is 24.3 Å². The number of fused-ring (bicyclic) bond motifs is 1. The van der Waals surface area contributed by atoms with Gasteiger partial charge in [0.1, 0.15) is 5.75 Å². The molecule has 1 N–H and O–H groups in total. The van der Waals surface area contributed by atoms with Crippen molar-refractivity contribution in [1.29, 1.82) is 0 Å². The lowest BCUT2D eigenvalue weighted by molar-refractivity contribution is -0.132. The Kier molecular flexibility index (Phi) is 4.82. The van der Waals surface area contributed by atoms with Crippen LogP contribution in [0.15, 0.2) is 57.7 Å². The number of nitrogens with zero attached hydrogens (tertiary/aromatic N) is 2. The van der Waals surface area contributed by atoms with Crippen molar-refractivity contribution in [2.75, 3.05) is 37.7 Å². The van der Waals surface area contributed by atoms with E-state index in [-0.39, 0.29) is 5.91 Å². The maximum atomic E-state index is 12.4. The Balaban J connectivity index is 1.28. The van der Waals surface area contributed by atoms with E-state index < -0.39 is 5.76 Å². The Morgan fingerprint density at radius 2 is 1.85 bits per heavy atom. The quantitative estimate of drug-likeness (QED) is 0.748. The number of hydrogen-bond acceptors (Lipinski definition) is 5. The molecule has 1 aliphatic rings. The first-order chi connectivity index (χ1) is 13.2. The predicted molar refractivity (Wildman–Crippen MR) is 102 cm³/mol. The second kappa shape index (κ2) is 7.57. The van der Waals surface area contributed by atoms with Gasteiger partial charge in [-0.1, -0.05) is 18.2 Å². The maximum absolute atomic E-state index is 12.4. The standard InChI is InChI=1S/C20H21N3O4/c24-19(8-13-26-16-4-2-1-3-5-16)23-11-9-22(10-12-23)15-6-7-17-18(14-15)27-20(25)21-17/h1-7,14H,8-13H2,(H,21,25). The number of rotatable bonds is 5. The predicted octanol–water partition coefficient (Wildman–Crippen LogP) is 2.24. The molecule has 27 heavy (non-hydrogen) atoms. The second-order valence-electron chi connectivity index (χ2n) is 6.47. The molecule has 1 saturated heterocycles. The van der Waals surface area contributed by atoms with Crippen molar-refractivity contribution in [2.45, 2.75) is 6.42 Å². The third-order valence-corrected chi connectivity index (χ3v) is 4.73. The van der Waals surface area contributed by atoms with E-state index in [1.54, 1.807) is 0 Å². The molecule has 1 aromatic heterocycles. The average molecular weight is 367 g/mol. The molecule has 2 heterocycles. The molecule has 0 radical (unpaired) electrons. The van der Waals surface area contributed by atoms with Crippen molar-refractivity contribution in [2.24, 2.45) is 0 Å². The van der Waals surface area contributed by atoms with Crippen LogP contribution in [0.4, 0.5) is 5.69 Å². The normalized spacial score (nSPS) is 14.5. The van der Waals surface area contributed by atoms with Crippen LogP contribution in [0.2, 0.25) is 0 Å². The van der Waals surface area contributed by atoms with Gasteiger partial charge in [-0.3, -0.25) is 9.78 Å². The Morgan fingerprint density at radius 1 is 1.07 bits per heavy atom. The van der Waals surface area contributed by atoms with Gasteiger partial charge in [0, 0.05) is 37.9 Å². The molecule has 1 fully saturated rings. The number of piperazine rings is 1. The molecular weight excluding hydrogens is 346 g/mol. The minimum absolute atomic E-state index is 0.109. The fourth-order valence-electron chi connectivity index (χ4n) is 3.28. The summed E-state index contributed by atoms with van der Waals surface area (Å²) in [6, 6.07) is 15.2. The molecule has 7 nitrogen and oxygen atoms in total. The Hall–Kier alpha value is -3.22. The second-order valence-corrected chi connectivity index (χ2v) is 6.47. The van der Waals surface area contributed by atoms with E-state index >= 15 is 0 Å². The van der Waals surface area contributed by atoms with Crippen LogP contribution < -0.4 is 15.4 Å². The highest BCUT2D eigenvalue weighted by Crippen LogP contribution is 2.21. The van der Waals surface area contributed by atoms with Crippen LogP contribution in [-0.4, -0.2) is 48.6 Å². The zero-order valence-corrected chi connectivity index (χ0v) is 14.9. The van der Waals surface area contributed by atoms with Gasteiger partial charge < -0.3 is 19.0 Å². The number of hydrogen-bond donors (Lipinski definition) is 1. The summed E-state index contributed by atoms with van der Waals surface area (Å²) in [5.74, 6) is 0.440. The molecule has 0 aliphatic carbocycles. The van der Waals surface area contributed by atoms with Gasteiger partial charge in [0.15, 0.2) is 5.58 Å². The Bertz CT molecular complexity index is 972. The number of amides is 1. The monoisotopic (exact) mass is 367 g/mol. The molecule has 7 heteroatoms. The number of aromatic nitrogens is 1. The number of carbonyl (C=O) groups excluding carboxylic acids is 1. The summed E-state index contributed by atoms with van der Waals surface area (Å²) in [5.41, 5.74) is 2.23. The van der Waals surface area contributed by atoms with Crippen LogP contribution in [0, 0.1) is 0 Å². The Labute approximate surface area is 156 Å². The molecule has 0 bridgehead atoms. The van der Waals surface area contributed by atoms with E-state index in [4.69, 9.17) is 9.15 Å². The summed E-state index contributed by atoms with van der Waals surface area (Å²) >= 11 is 0. The Morgan fingerprint density at radius 3 is 2.63 bits per heavy atom. The van der Waals surface area contributed by atoms with Gasteiger partial charge >= 0.3 is 5.76 Å². The summed E-state index contributed by atoms with van der Waals surface area (Å²) in [7, 11) is 0. The summed E-state index contributed by atoms with van der Waals surface area (Å²) < 4.78 is 10.7. The van der Waals surface area contributed by atoms with Crippen LogP contribution in [-0.2, 0) is 4.79 Å². The lowest BCUT2D eigenvalue weighted by Gasteiger charge is -2.36. The van der Waals surface area contributed by atoms with E-state index in [1.165, 1.54) is 0 Å². The summed E-state index contributed by atoms with van der Waals surface area (Å²) in [6.07, 6.45) is 0.370. The van der Waals surface area contributed by atoms with Crippen molar-refractivity contribution in [3.05, 3.63) is 59.1 Å². The lowest BCUT2D eigenvalue weighted by Crippen LogP contribution is -2.49. The molecule has 1 amide bonds. The first-order valence-electron chi connectivity index (χ1n) is 9.02. The van der Waals surface area contributed by atoms with Gasteiger partial charge in [-0.25, -0.2) is 4.79 Å². The number of H-pyrrole nitrogens is 1. The van der Waals surface area contributed by atoms with E-state index in [9.17, 15) is 9.59 Å². The molecule has 0 saturated carbocycles. The van der Waals surface area contributed by atoms with Gasteiger partial charge in [-0.2, -0.15) is 0 Å². The maximum Gasteiger partial charge on any atom is 0.417 e. The lowest BCUT2D eigenvalue weighted by atomic mass is 10.2. The van der Waals surface area contributed by atoms with Crippen molar-refractivity contribution in [3.63, 3.8) is 0 Å². The minimum Gasteiger partial charge on any atom is -0.493 e. The summed E-state index contributed by atoms with van der Waals surface area (Å²) in [6.45, 7) is 3.20. The topological polar surface area (TPSA) is 78.8 Å². The first-order valence-corrected chi connectivity index (χ1v) is 9.02. The number of aromatic amines is 1. The van der Waals surface area contributed by atoms with Crippen LogP contribution in [0.5, 0.6) is 5.75 Å². The average Bonchev–Trinajstić information content (AvgIpc) is 3.08. The van der Waals surface area contributed by atoms with E-state index in [2.05, 4.69) is 9.88 Å². The third kappa shape index (κ3) is 3.97. The number of ether oxygens (including phenoxy) is 1. The van der Waals surface area contributed by atoms with Crippen molar-refractivity contribution in [1.82, 2.24) is 9.88 Å². The van der Waals surface area contributed by atoms with Gasteiger partial charge in [0.05, 0.1) is 18.5 Å². The van der Waals surface area contributed by atoms with Crippen molar-refractivity contribution >= 4 is 22.7 Å². The van der Waals surface area contributed by atoms with Crippen molar-refractivity contribution in [3.8, 4) is 5.75 Å². The van der Waals surface area contributed by atoms with Crippen LogP contribution >= 0.6 is 0 Å². The summed E-state index contributed by atoms with van der Waals surface area (Å²) in [5, 5.41) is 0. The molecule has 2 aromatic carbocycles. The molecule has 0 unspecified atom stereocenters. The number of benzene rings is 2. The zero-order valence-electron chi connectivity index (χ0n) is 14.9. The molecule has 0 atom stereocenters. The smallest absolute Gasteiger partial charge is 0.417 e. The van der Waals surface area contributed by atoms with Crippen LogP contribution in [0.3, 0.4) is 0 Å². The van der Waals surface area contributed by atoms with Gasteiger partial charge in [0.2, 0.25) is 5.91 Å². The fraction of sp³-hybridized carbons (Fsp3) is 0.300. The molecule has 140 valence electrons. The number of para-hydroxylation sites is 1. The molecular formula is C20H21N3O4. The van der Waals surface area contributed by atoms with Crippen LogP contribution in [0.25, 0.3) is 11.1 Å². The van der Waals surface area contributed by atoms with E-state index in [0.29, 0.717) is 37.2 Å². The molecule has 4 rings (SSSR count). The number of anilines is 1. The van der Waals surface area contributed by atoms with E-state index in [1.807, 2.05) is 53.4 Å². The number of oxazole rings is 1. The number of carbonyl (C=O) groups is 1.